The van der Waals surface area contributed by atoms with Gasteiger partial charge in [-0.15, -0.1) is 0 Å². The Labute approximate surface area is 99.3 Å². The lowest BCUT2D eigenvalue weighted by Gasteiger charge is -2.19. The molecule has 1 aromatic rings. The molecular weight excluding hydrogens is 225 g/mol. The van der Waals surface area contributed by atoms with Crippen molar-refractivity contribution in [1.82, 2.24) is 4.90 Å². The van der Waals surface area contributed by atoms with E-state index in [4.69, 9.17) is 5.11 Å². The van der Waals surface area contributed by atoms with Crippen molar-refractivity contribution in [3.05, 3.63) is 29.6 Å². The van der Waals surface area contributed by atoms with Gasteiger partial charge in [0.05, 0.1) is 6.42 Å². The molecule has 5 heteroatoms. The minimum atomic E-state index is -0.869. The third kappa shape index (κ3) is 4.40. The maximum absolute atomic E-state index is 13.0. The van der Waals surface area contributed by atoms with Gasteiger partial charge in [-0.3, -0.25) is 9.69 Å². The third-order valence-corrected chi connectivity index (χ3v) is 2.52. The number of aromatic hydroxyl groups is 1. The summed E-state index contributed by atoms with van der Waals surface area (Å²) < 4.78 is 13.0. The van der Waals surface area contributed by atoms with E-state index in [9.17, 15) is 14.3 Å². The van der Waals surface area contributed by atoms with Gasteiger partial charge in [-0.25, -0.2) is 4.39 Å². The molecule has 0 bridgehead atoms. The summed E-state index contributed by atoms with van der Waals surface area (Å²) in [4.78, 5) is 12.3. The Kier molecular flexibility index (Phi) is 4.90. The van der Waals surface area contributed by atoms with Crippen LogP contribution in [-0.4, -0.2) is 34.2 Å². The summed E-state index contributed by atoms with van der Waals surface area (Å²) >= 11 is 0. The van der Waals surface area contributed by atoms with Crippen molar-refractivity contribution in [2.75, 3.05) is 13.1 Å². The van der Waals surface area contributed by atoms with Crippen LogP contribution in [0.5, 0.6) is 5.75 Å². The molecule has 17 heavy (non-hydrogen) atoms. The Morgan fingerprint density at radius 3 is 2.76 bits per heavy atom. The molecule has 0 atom stereocenters. The largest absolute Gasteiger partial charge is 0.508 e. The number of hydrogen-bond donors (Lipinski definition) is 2. The van der Waals surface area contributed by atoms with Crippen LogP contribution in [0.3, 0.4) is 0 Å². The van der Waals surface area contributed by atoms with E-state index in [0.717, 1.165) is 0 Å². The minimum absolute atomic E-state index is 0.0279. The van der Waals surface area contributed by atoms with Gasteiger partial charge in [0.1, 0.15) is 11.6 Å². The fourth-order valence-corrected chi connectivity index (χ4v) is 1.52. The molecule has 0 saturated carbocycles. The van der Waals surface area contributed by atoms with E-state index in [2.05, 4.69) is 0 Å². The fourth-order valence-electron chi connectivity index (χ4n) is 1.52. The van der Waals surface area contributed by atoms with Crippen LogP contribution in [0.2, 0.25) is 0 Å². The van der Waals surface area contributed by atoms with Crippen LogP contribution in [0.15, 0.2) is 18.2 Å². The Bertz CT molecular complexity index is 395. The molecule has 4 nitrogen and oxygen atoms in total. The topological polar surface area (TPSA) is 60.8 Å². The average Bonchev–Trinajstić information content (AvgIpc) is 2.28. The summed E-state index contributed by atoms with van der Waals surface area (Å²) in [6.45, 7) is 3.25. The second kappa shape index (κ2) is 6.20. The zero-order valence-electron chi connectivity index (χ0n) is 9.69. The summed E-state index contributed by atoms with van der Waals surface area (Å²) in [5, 5.41) is 18.1. The highest BCUT2D eigenvalue weighted by Gasteiger charge is 2.10. The van der Waals surface area contributed by atoms with Crippen LogP contribution >= 0.6 is 0 Å². The molecule has 0 heterocycles. The molecule has 94 valence electrons. The first-order valence-electron chi connectivity index (χ1n) is 5.44. The van der Waals surface area contributed by atoms with Gasteiger partial charge in [0.15, 0.2) is 0 Å². The van der Waals surface area contributed by atoms with Gasteiger partial charge in [0.25, 0.3) is 0 Å². The third-order valence-electron chi connectivity index (χ3n) is 2.52. The normalized spacial score (nSPS) is 10.8. The van der Waals surface area contributed by atoms with Crippen LogP contribution < -0.4 is 0 Å². The van der Waals surface area contributed by atoms with Gasteiger partial charge >= 0.3 is 5.97 Å². The lowest BCUT2D eigenvalue weighted by Crippen LogP contribution is -2.25. The van der Waals surface area contributed by atoms with Crippen molar-refractivity contribution in [2.24, 2.45) is 0 Å². The SMILES string of the molecule is CCN(CCC(=O)O)Cc1cc(F)ccc1O. The van der Waals surface area contributed by atoms with Crippen molar-refractivity contribution in [3.8, 4) is 5.75 Å². The first-order valence-corrected chi connectivity index (χ1v) is 5.44. The van der Waals surface area contributed by atoms with Crippen molar-refractivity contribution in [1.29, 1.82) is 0 Å². The van der Waals surface area contributed by atoms with Crippen molar-refractivity contribution < 1.29 is 19.4 Å². The second-order valence-corrected chi connectivity index (χ2v) is 3.79. The quantitative estimate of drug-likeness (QED) is 0.797. The zero-order valence-corrected chi connectivity index (χ0v) is 9.69. The van der Waals surface area contributed by atoms with Gasteiger partial charge in [0.2, 0.25) is 0 Å². The molecule has 0 spiro atoms. The smallest absolute Gasteiger partial charge is 0.304 e. The molecule has 0 fully saturated rings. The molecule has 0 aliphatic heterocycles. The molecule has 1 rings (SSSR count). The molecule has 0 aliphatic carbocycles. The van der Waals surface area contributed by atoms with Gasteiger partial charge in [0, 0.05) is 18.7 Å². The van der Waals surface area contributed by atoms with Crippen LogP contribution in [-0.2, 0) is 11.3 Å². The van der Waals surface area contributed by atoms with Crippen molar-refractivity contribution in [2.45, 2.75) is 19.9 Å². The summed E-state index contributed by atoms with van der Waals surface area (Å²) in [6, 6.07) is 3.75. The molecule has 0 unspecified atom stereocenters. The second-order valence-electron chi connectivity index (χ2n) is 3.79. The van der Waals surface area contributed by atoms with E-state index in [-0.39, 0.29) is 12.2 Å². The summed E-state index contributed by atoms with van der Waals surface area (Å²) in [6.07, 6.45) is 0.0317. The number of aliphatic carboxylic acids is 1. The first kappa shape index (κ1) is 13.4. The minimum Gasteiger partial charge on any atom is -0.508 e. The van der Waals surface area contributed by atoms with Crippen LogP contribution in [0.1, 0.15) is 18.9 Å². The molecule has 0 aromatic heterocycles. The number of benzene rings is 1. The molecule has 2 N–H and O–H groups in total. The standard InChI is InChI=1S/C12H16FNO3/c1-2-14(6-5-12(16)17)8-9-7-10(13)3-4-11(9)15/h3-4,7,15H,2,5-6,8H2,1H3,(H,16,17). The van der Waals surface area contributed by atoms with E-state index in [1.165, 1.54) is 18.2 Å². The highest BCUT2D eigenvalue weighted by molar-refractivity contribution is 5.66. The number of carboxylic acid groups (broad SMARTS) is 1. The Balaban J connectivity index is 2.66. The van der Waals surface area contributed by atoms with Crippen molar-refractivity contribution >= 4 is 5.97 Å². The maximum atomic E-state index is 13.0. The number of hydrogen-bond acceptors (Lipinski definition) is 3. The van der Waals surface area contributed by atoms with Crippen molar-refractivity contribution in [3.63, 3.8) is 0 Å². The number of halogens is 1. The zero-order chi connectivity index (χ0) is 12.8. The predicted molar refractivity (Wildman–Crippen MR) is 61.3 cm³/mol. The molecule has 0 aliphatic rings. The van der Waals surface area contributed by atoms with Gasteiger partial charge in [-0.2, -0.15) is 0 Å². The molecule has 0 radical (unpaired) electrons. The van der Waals surface area contributed by atoms with Gasteiger partial charge in [-0.1, -0.05) is 6.92 Å². The van der Waals surface area contributed by atoms with E-state index in [0.29, 0.717) is 25.2 Å². The first-order chi connectivity index (χ1) is 8.02. The highest BCUT2D eigenvalue weighted by atomic mass is 19.1. The van der Waals surface area contributed by atoms with Gasteiger partial charge < -0.3 is 10.2 Å². The lowest BCUT2D eigenvalue weighted by molar-refractivity contribution is -0.137. The Morgan fingerprint density at radius 1 is 1.47 bits per heavy atom. The molecular formula is C12H16FNO3. The fraction of sp³-hybridized carbons (Fsp3) is 0.417. The number of nitrogens with zero attached hydrogens (tertiary/aromatic N) is 1. The number of phenols is 1. The average molecular weight is 241 g/mol. The van der Waals surface area contributed by atoms with Crippen LogP contribution in [0.25, 0.3) is 0 Å². The molecule has 1 aromatic carbocycles. The van der Waals surface area contributed by atoms with E-state index >= 15 is 0 Å². The van der Waals surface area contributed by atoms with E-state index < -0.39 is 11.8 Å². The van der Waals surface area contributed by atoms with Gasteiger partial charge in [-0.05, 0) is 24.7 Å². The van der Waals surface area contributed by atoms with E-state index in [1.807, 2.05) is 11.8 Å². The highest BCUT2D eigenvalue weighted by Crippen LogP contribution is 2.19. The molecule has 0 saturated heterocycles. The van der Waals surface area contributed by atoms with Crippen LogP contribution in [0, 0.1) is 5.82 Å². The Morgan fingerprint density at radius 2 is 2.18 bits per heavy atom. The number of carboxylic acids is 1. The monoisotopic (exact) mass is 241 g/mol. The molecule has 0 amide bonds. The number of phenolic OH excluding ortho intramolecular Hbond substituents is 1. The van der Waals surface area contributed by atoms with E-state index in [1.54, 1.807) is 0 Å². The number of carbonyl (C=O) groups is 1. The summed E-state index contributed by atoms with van der Waals surface area (Å²) in [5.74, 6) is -1.25. The Hall–Kier alpha value is -1.62. The lowest BCUT2D eigenvalue weighted by atomic mass is 10.1. The maximum Gasteiger partial charge on any atom is 0.304 e. The summed E-state index contributed by atoms with van der Waals surface area (Å²) in [5.41, 5.74) is 0.470. The predicted octanol–water partition coefficient (Wildman–Crippen LogP) is 1.83. The number of rotatable bonds is 6. The summed E-state index contributed by atoms with van der Waals surface area (Å²) in [7, 11) is 0. The van der Waals surface area contributed by atoms with Crippen LogP contribution in [0.4, 0.5) is 4.39 Å².